The van der Waals surface area contributed by atoms with Crippen LogP contribution in [-0.4, -0.2) is 39.5 Å². The average molecular weight is 250 g/mol. The van der Waals surface area contributed by atoms with Gasteiger partial charge in [0.05, 0.1) is 17.9 Å². The largest absolute Gasteiger partial charge is 0.397 e. The molecule has 1 rings (SSSR count). The maximum Gasteiger partial charge on any atom is 0.251 e. The lowest BCUT2D eigenvalue weighted by atomic mass is 10.1. The molecule has 18 heavy (non-hydrogen) atoms. The van der Waals surface area contributed by atoms with E-state index in [1.807, 2.05) is 0 Å². The van der Waals surface area contributed by atoms with Gasteiger partial charge in [0, 0.05) is 26.7 Å². The van der Waals surface area contributed by atoms with Crippen molar-refractivity contribution in [1.82, 2.24) is 10.6 Å². The summed E-state index contributed by atoms with van der Waals surface area (Å²) in [6.45, 7) is 0.178. The number of nitrogens with two attached hydrogens (primary N) is 1. The molecule has 0 fully saturated rings. The van der Waals surface area contributed by atoms with Gasteiger partial charge in [-0.1, -0.05) is 0 Å². The van der Waals surface area contributed by atoms with Crippen LogP contribution in [0.2, 0.25) is 0 Å². The molecule has 0 aliphatic rings. The molecule has 2 amide bonds. The highest BCUT2D eigenvalue weighted by molar-refractivity contribution is 5.96. The lowest BCUT2D eigenvalue weighted by Crippen LogP contribution is -2.33. The third-order valence-electron chi connectivity index (χ3n) is 2.59. The van der Waals surface area contributed by atoms with Crippen LogP contribution < -0.4 is 21.3 Å². The maximum atomic E-state index is 11.5. The molecule has 0 radical (unpaired) electrons. The molecular formula is C12H18N4O2. The Morgan fingerprint density at radius 1 is 1.28 bits per heavy atom. The Morgan fingerprint density at radius 3 is 2.50 bits per heavy atom. The number of nitrogens with zero attached hydrogens (tertiary/aromatic N) is 1. The molecular weight excluding hydrogens is 232 g/mol. The van der Waals surface area contributed by atoms with Gasteiger partial charge in [-0.15, -0.1) is 0 Å². The van der Waals surface area contributed by atoms with Crippen LogP contribution in [0.1, 0.15) is 10.4 Å². The summed E-state index contributed by atoms with van der Waals surface area (Å²) < 4.78 is 0. The Balaban J connectivity index is 2.99. The van der Waals surface area contributed by atoms with Crippen molar-refractivity contribution in [3.05, 3.63) is 23.8 Å². The van der Waals surface area contributed by atoms with Crippen molar-refractivity contribution in [2.75, 3.05) is 38.3 Å². The molecule has 0 spiro atoms. The molecule has 1 aromatic carbocycles. The number of nitrogens with one attached hydrogen (secondary N) is 2. The normalized spacial score (nSPS) is 9.72. The first kappa shape index (κ1) is 13.8. The Morgan fingerprint density at radius 2 is 1.94 bits per heavy atom. The van der Waals surface area contributed by atoms with Gasteiger partial charge in [0.15, 0.2) is 0 Å². The molecule has 0 atom stereocenters. The summed E-state index contributed by atoms with van der Waals surface area (Å²) in [5.74, 6) is -0.313. The Kier molecular flexibility index (Phi) is 4.53. The van der Waals surface area contributed by atoms with Crippen molar-refractivity contribution in [2.24, 2.45) is 0 Å². The Labute approximate surface area is 106 Å². The number of amides is 2. The van der Waals surface area contributed by atoms with Gasteiger partial charge in [0.25, 0.3) is 5.91 Å². The van der Waals surface area contributed by atoms with E-state index in [0.717, 1.165) is 0 Å². The average Bonchev–Trinajstić information content (AvgIpc) is 2.37. The predicted molar refractivity (Wildman–Crippen MR) is 71.6 cm³/mol. The van der Waals surface area contributed by atoms with E-state index >= 15 is 0 Å². The first-order valence-corrected chi connectivity index (χ1v) is 5.53. The topological polar surface area (TPSA) is 87.5 Å². The highest BCUT2D eigenvalue weighted by Gasteiger charge is 2.12. The molecule has 0 bridgehead atoms. The third-order valence-corrected chi connectivity index (χ3v) is 2.59. The number of carbonyl (C=O) groups excluding carboxylic acids is 2. The highest BCUT2D eigenvalue weighted by atomic mass is 16.2. The van der Waals surface area contributed by atoms with Crippen LogP contribution >= 0.6 is 0 Å². The number of benzene rings is 1. The fourth-order valence-corrected chi connectivity index (χ4v) is 1.54. The van der Waals surface area contributed by atoms with Gasteiger partial charge < -0.3 is 21.3 Å². The molecule has 0 aliphatic heterocycles. The van der Waals surface area contributed by atoms with Gasteiger partial charge in [0.2, 0.25) is 5.91 Å². The zero-order valence-corrected chi connectivity index (χ0v) is 10.8. The zero-order valence-electron chi connectivity index (χ0n) is 10.8. The van der Waals surface area contributed by atoms with Crippen molar-refractivity contribution in [3.8, 4) is 0 Å². The molecule has 0 unspecified atom stereocenters. The van der Waals surface area contributed by atoms with Crippen LogP contribution in [0, 0.1) is 0 Å². The Bertz CT molecular complexity index is 459. The molecule has 0 aromatic heterocycles. The smallest absolute Gasteiger partial charge is 0.251 e. The second-order valence-corrected chi connectivity index (χ2v) is 3.88. The van der Waals surface area contributed by atoms with Crippen LogP contribution in [-0.2, 0) is 4.79 Å². The van der Waals surface area contributed by atoms with Gasteiger partial charge in [-0.2, -0.15) is 0 Å². The van der Waals surface area contributed by atoms with Crippen LogP contribution in [0.15, 0.2) is 18.2 Å². The fraction of sp³-hybridized carbons (Fsp3) is 0.333. The first-order valence-electron chi connectivity index (χ1n) is 5.53. The summed E-state index contributed by atoms with van der Waals surface area (Å²) in [6, 6.07) is 4.96. The predicted octanol–water partition coefficient (Wildman–Crippen LogP) is -0.189. The number of anilines is 2. The van der Waals surface area contributed by atoms with Crippen LogP contribution in [0.5, 0.6) is 0 Å². The second kappa shape index (κ2) is 5.90. The van der Waals surface area contributed by atoms with E-state index in [1.54, 1.807) is 44.2 Å². The lowest BCUT2D eigenvalue weighted by Gasteiger charge is -2.20. The van der Waals surface area contributed by atoms with Gasteiger partial charge in [-0.05, 0) is 18.2 Å². The highest BCUT2D eigenvalue weighted by Crippen LogP contribution is 2.23. The van der Waals surface area contributed by atoms with Crippen LogP contribution in [0.4, 0.5) is 11.4 Å². The molecule has 6 heteroatoms. The summed E-state index contributed by atoms with van der Waals surface area (Å²) in [7, 11) is 4.88. The van der Waals surface area contributed by atoms with E-state index in [4.69, 9.17) is 5.73 Å². The van der Waals surface area contributed by atoms with E-state index in [9.17, 15) is 9.59 Å². The fourth-order valence-electron chi connectivity index (χ4n) is 1.54. The van der Waals surface area contributed by atoms with E-state index in [-0.39, 0.29) is 18.4 Å². The lowest BCUT2D eigenvalue weighted by molar-refractivity contribution is -0.119. The minimum atomic E-state index is -0.190. The van der Waals surface area contributed by atoms with E-state index < -0.39 is 0 Å². The molecule has 0 aliphatic carbocycles. The number of hydrogen-bond donors (Lipinski definition) is 3. The van der Waals surface area contributed by atoms with Gasteiger partial charge >= 0.3 is 0 Å². The first-order chi connectivity index (χ1) is 8.49. The number of likely N-dealkylation sites (N-methyl/N-ethyl adjacent to an activating group) is 2. The van der Waals surface area contributed by atoms with E-state index in [2.05, 4.69) is 10.6 Å². The number of carbonyl (C=O) groups is 2. The molecule has 1 aromatic rings. The van der Waals surface area contributed by atoms with Crippen molar-refractivity contribution in [1.29, 1.82) is 0 Å². The Hall–Kier alpha value is -2.24. The third kappa shape index (κ3) is 3.13. The summed E-state index contributed by atoms with van der Waals surface area (Å²) in [5, 5.41) is 5.07. The number of hydrogen-bond acceptors (Lipinski definition) is 4. The van der Waals surface area contributed by atoms with E-state index in [0.29, 0.717) is 16.9 Å². The minimum absolute atomic E-state index is 0.123. The van der Waals surface area contributed by atoms with Crippen LogP contribution in [0.3, 0.4) is 0 Å². The standard InChI is InChI=1S/C12H18N4O2/c1-14-11(17)7-16(3)10-6-8(12(18)15-2)4-5-9(10)13/h4-6H,7,13H2,1-3H3,(H,14,17)(H,15,18). The zero-order chi connectivity index (χ0) is 13.7. The van der Waals surface area contributed by atoms with Crippen molar-refractivity contribution in [3.63, 3.8) is 0 Å². The van der Waals surface area contributed by atoms with E-state index in [1.165, 1.54) is 0 Å². The summed E-state index contributed by atoms with van der Waals surface area (Å²) in [6.07, 6.45) is 0. The minimum Gasteiger partial charge on any atom is -0.397 e. The number of nitrogen functional groups attached to an aromatic ring is 1. The van der Waals surface area contributed by atoms with Gasteiger partial charge in [-0.3, -0.25) is 9.59 Å². The SMILES string of the molecule is CNC(=O)CN(C)c1cc(C(=O)NC)ccc1N. The quantitative estimate of drug-likeness (QED) is 0.646. The monoisotopic (exact) mass is 250 g/mol. The van der Waals surface area contributed by atoms with Crippen LogP contribution in [0.25, 0.3) is 0 Å². The molecule has 4 N–H and O–H groups in total. The summed E-state index contributed by atoms with van der Waals surface area (Å²) in [5.41, 5.74) is 7.52. The molecule has 6 nitrogen and oxygen atoms in total. The molecule has 98 valence electrons. The molecule has 0 saturated carbocycles. The molecule has 0 heterocycles. The van der Waals surface area contributed by atoms with Crippen molar-refractivity contribution < 1.29 is 9.59 Å². The van der Waals surface area contributed by atoms with Crippen molar-refractivity contribution >= 4 is 23.2 Å². The molecule has 0 saturated heterocycles. The summed E-state index contributed by atoms with van der Waals surface area (Å²) >= 11 is 0. The van der Waals surface area contributed by atoms with Gasteiger partial charge in [-0.25, -0.2) is 0 Å². The van der Waals surface area contributed by atoms with Gasteiger partial charge in [0.1, 0.15) is 0 Å². The second-order valence-electron chi connectivity index (χ2n) is 3.88. The summed E-state index contributed by atoms with van der Waals surface area (Å²) in [4.78, 5) is 24.5. The van der Waals surface area contributed by atoms with Crippen molar-refractivity contribution in [2.45, 2.75) is 0 Å². The number of rotatable bonds is 4. The maximum absolute atomic E-state index is 11.5.